The van der Waals surface area contributed by atoms with Gasteiger partial charge in [-0.1, -0.05) is 0 Å². The van der Waals surface area contributed by atoms with E-state index in [4.69, 9.17) is 5.84 Å². The Morgan fingerprint density at radius 3 is 3.24 bits per heavy atom. The van der Waals surface area contributed by atoms with Gasteiger partial charge < -0.3 is 20.0 Å². The Balaban J connectivity index is 1.81. The van der Waals surface area contributed by atoms with Crippen molar-refractivity contribution in [2.75, 3.05) is 23.4 Å². The average Bonchev–Trinajstić information content (AvgIpc) is 3.13. The van der Waals surface area contributed by atoms with Gasteiger partial charge in [0.05, 0.1) is 18.2 Å². The number of hydrogen-bond donors (Lipinski definition) is 3. The molecule has 4 N–H and O–H groups in total. The first-order chi connectivity index (χ1) is 10.3. The Bertz CT molecular complexity index is 697. The minimum absolute atomic E-state index is 0.0463. The normalized spacial score (nSPS) is 25.0. The van der Waals surface area contributed by atoms with Crippen LogP contribution in [-0.2, 0) is 4.79 Å². The molecule has 4 heterocycles. The molecule has 0 aliphatic carbocycles. The zero-order chi connectivity index (χ0) is 14.4. The fourth-order valence-electron chi connectivity index (χ4n) is 3.39. The van der Waals surface area contributed by atoms with Gasteiger partial charge in [0.25, 0.3) is 0 Å². The summed E-state index contributed by atoms with van der Waals surface area (Å²) in [6.45, 7) is 1.54. The zero-order valence-electron chi connectivity index (χ0n) is 11.5. The maximum absolute atomic E-state index is 11.9. The van der Waals surface area contributed by atoms with Crippen LogP contribution in [0.25, 0.3) is 5.65 Å². The Morgan fingerprint density at radius 2 is 2.38 bits per heavy atom. The molecule has 8 heteroatoms. The molecule has 2 aliphatic heterocycles. The lowest BCUT2D eigenvalue weighted by Crippen LogP contribution is -2.46. The fourth-order valence-corrected chi connectivity index (χ4v) is 3.39. The second-order valence-corrected chi connectivity index (χ2v) is 5.51. The SMILES string of the molecule is NNc1cn2ccnc2c(N2CCCC3C(=O)NCC32)n1. The maximum Gasteiger partial charge on any atom is 0.225 e. The smallest absolute Gasteiger partial charge is 0.225 e. The summed E-state index contributed by atoms with van der Waals surface area (Å²) in [6.07, 6.45) is 7.31. The standard InChI is InChI=1S/C13H17N7O/c14-18-10-7-19-5-3-15-11(19)12(17-10)20-4-1-2-8-9(20)6-16-13(8)21/h3,5,7-9,18H,1-2,4,6,14H2,(H,16,21). The summed E-state index contributed by atoms with van der Waals surface area (Å²) in [7, 11) is 0. The lowest BCUT2D eigenvalue weighted by atomic mass is 9.91. The summed E-state index contributed by atoms with van der Waals surface area (Å²) >= 11 is 0. The van der Waals surface area contributed by atoms with Gasteiger partial charge in [0.2, 0.25) is 5.91 Å². The van der Waals surface area contributed by atoms with Gasteiger partial charge in [-0.2, -0.15) is 0 Å². The van der Waals surface area contributed by atoms with E-state index in [1.54, 1.807) is 12.4 Å². The molecule has 0 aromatic carbocycles. The topological polar surface area (TPSA) is 101 Å². The Morgan fingerprint density at radius 1 is 1.48 bits per heavy atom. The van der Waals surface area contributed by atoms with Crippen molar-refractivity contribution in [1.82, 2.24) is 19.7 Å². The molecule has 2 fully saturated rings. The summed E-state index contributed by atoms with van der Waals surface area (Å²) in [6, 6.07) is 0.146. The Hall–Kier alpha value is -2.35. The third-order valence-electron chi connectivity index (χ3n) is 4.38. The predicted molar refractivity (Wildman–Crippen MR) is 77.7 cm³/mol. The second-order valence-electron chi connectivity index (χ2n) is 5.51. The first kappa shape index (κ1) is 12.4. The molecule has 2 aliphatic rings. The number of amides is 1. The number of nitrogens with one attached hydrogen (secondary N) is 2. The third-order valence-corrected chi connectivity index (χ3v) is 4.38. The second kappa shape index (κ2) is 4.59. The monoisotopic (exact) mass is 287 g/mol. The molecule has 2 aromatic heterocycles. The lowest BCUT2D eigenvalue weighted by molar-refractivity contribution is -0.122. The summed E-state index contributed by atoms with van der Waals surface area (Å²) in [5, 5.41) is 2.96. The number of piperidine rings is 1. The Labute approximate surface area is 121 Å². The van der Waals surface area contributed by atoms with Crippen LogP contribution in [0.1, 0.15) is 12.8 Å². The van der Waals surface area contributed by atoms with Gasteiger partial charge in [-0.25, -0.2) is 15.8 Å². The molecule has 2 atom stereocenters. The van der Waals surface area contributed by atoms with Gasteiger partial charge in [-0.3, -0.25) is 4.79 Å². The number of fused-ring (bicyclic) bond motifs is 2. The van der Waals surface area contributed by atoms with E-state index in [-0.39, 0.29) is 17.9 Å². The van der Waals surface area contributed by atoms with Gasteiger partial charge in [-0.15, -0.1) is 0 Å². The quantitative estimate of drug-likeness (QED) is 0.519. The van der Waals surface area contributed by atoms with Crippen LogP contribution in [0.3, 0.4) is 0 Å². The van der Waals surface area contributed by atoms with E-state index in [0.29, 0.717) is 12.4 Å². The van der Waals surface area contributed by atoms with E-state index in [1.807, 2.05) is 10.6 Å². The third kappa shape index (κ3) is 1.83. The van der Waals surface area contributed by atoms with Crippen molar-refractivity contribution < 1.29 is 4.79 Å². The summed E-state index contributed by atoms with van der Waals surface area (Å²) < 4.78 is 1.89. The first-order valence-corrected chi connectivity index (χ1v) is 7.12. The summed E-state index contributed by atoms with van der Waals surface area (Å²) in [5.41, 5.74) is 3.37. The van der Waals surface area contributed by atoms with Crippen molar-refractivity contribution >= 4 is 23.2 Å². The number of hydrazine groups is 1. The van der Waals surface area contributed by atoms with Gasteiger partial charge in [-0.05, 0) is 12.8 Å². The number of carbonyl (C=O) groups is 1. The molecular weight excluding hydrogens is 270 g/mol. The fraction of sp³-hybridized carbons (Fsp3) is 0.462. The van der Waals surface area contributed by atoms with Gasteiger partial charge in [0.1, 0.15) is 0 Å². The molecule has 8 nitrogen and oxygen atoms in total. The molecular formula is C13H17N7O. The highest BCUT2D eigenvalue weighted by molar-refractivity contribution is 5.83. The van der Waals surface area contributed by atoms with Crippen molar-refractivity contribution in [3.63, 3.8) is 0 Å². The number of carbonyl (C=O) groups excluding carboxylic acids is 1. The van der Waals surface area contributed by atoms with Crippen LogP contribution < -0.4 is 21.5 Å². The highest BCUT2D eigenvalue weighted by Gasteiger charge is 2.42. The minimum Gasteiger partial charge on any atom is -0.354 e. The molecule has 21 heavy (non-hydrogen) atoms. The molecule has 2 unspecified atom stereocenters. The summed E-state index contributed by atoms with van der Waals surface area (Å²) in [4.78, 5) is 23.1. The number of hydrogen-bond acceptors (Lipinski definition) is 6. The molecule has 0 spiro atoms. The first-order valence-electron chi connectivity index (χ1n) is 7.12. The summed E-state index contributed by atoms with van der Waals surface area (Å²) in [5.74, 6) is 7.06. The van der Waals surface area contributed by atoms with Crippen molar-refractivity contribution in [3.05, 3.63) is 18.6 Å². The maximum atomic E-state index is 11.9. The van der Waals surface area contributed by atoms with Crippen molar-refractivity contribution in [1.29, 1.82) is 0 Å². The van der Waals surface area contributed by atoms with Gasteiger partial charge >= 0.3 is 0 Å². The molecule has 4 rings (SSSR count). The number of nitrogen functional groups attached to an aromatic ring is 1. The number of aromatic nitrogens is 3. The minimum atomic E-state index is 0.0463. The molecule has 110 valence electrons. The molecule has 2 aromatic rings. The van der Waals surface area contributed by atoms with Crippen molar-refractivity contribution in [2.24, 2.45) is 11.8 Å². The van der Waals surface area contributed by atoms with Gasteiger partial charge in [0, 0.05) is 25.5 Å². The van der Waals surface area contributed by atoms with Crippen LogP contribution in [0.5, 0.6) is 0 Å². The van der Waals surface area contributed by atoms with E-state index in [0.717, 1.165) is 30.9 Å². The molecule has 0 bridgehead atoms. The molecule has 1 amide bonds. The van der Waals surface area contributed by atoms with Gasteiger partial charge in [0.15, 0.2) is 17.3 Å². The van der Waals surface area contributed by atoms with Crippen LogP contribution in [-0.4, -0.2) is 39.4 Å². The van der Waals surface area contributed by atoms with E-state index in [2.05, 4.69) is 25.6 Å². The molecule has 0 saturated carbocycles. The van der Waals surface area contributed by atoms with Crippen LogP contribution in [0.2, 0.25) is 0 Å². The number of imidazole rings is 1. The average molecular weight is 287 g/mol. The van der Waals surface area contributed by atoms with E-state index in [1.165, 1.54) is 0 Å². The van der Waals surface area contributed by atoms with Crippen LogP contribution in [0, 0.1) is 5.92 Å². The van der Waals surface area contributed by atoms with Crippen molar-refractivity contribution in [3.8, 4) is 0 Å². The highest BCUT2D eigenvalue weighted by atomic mass is 16.2. The number of nitrogens with zero attached hydrogens (tertiary/aromatic N) is 4. The van der Waals surface area contributed by atoms with Crippen molar-refractivity contribution in [2.45, 2.75) is 18.9 Å². The predicted octanol–water partition coefficient (Wildman–Crippen LogP) is -0.270. The van der Waals surface area contributed by atoms with Crippen LogP contribution >= 0.6 is 0 Å². The highest BCUT2D eigenvalue weighted by Crippen LogP contribution is 2.32. The largest absolute Gasteiger partial charge is 0.354 e. The van der Waals surface area contributed by atoms with E-state index in [9.17, 15) is 4.79 Å². The van der Waals surface area contributed by atoms with E-state index < -0.39 is 0 Å². The van der Waals surface area contributed by atoms with Crippen LogP contribution in [0.4, 0.5) is 11.6 Å². The zero-order valence-corrected chi connectivity index (χ0v) is 11.5. The lowest BCUT2D eigenvalue weighted by Gasteiger charge is -2.36. The number of anilines is 2. The van der Waals surface area contributed by atoms with Crippen LogP contribution in [0.15, 0.2) is 18.6 Å². The Kier molecular flexibility index (Phi) is 2.71. The molecule has 2 saturated heterocycles. The number of rotatable bonds is 2. The number of nitrogens with two attached hydrogens (primary N) is 1. The molecule has 0 radical (unpaired) electrons. The van der Waals surface area contributed by atoms with E-state index >= 15 is 0 Å².